The van der Waals surface area contributed by atoms with Crippen LogP contribution in [0.5, 0.6) is 0 Å². The lowest BCUT2D eigenvalue weighted by atomic mass is 9.97. The van der Waals surface area contributed by atoms with Crippen LogP contribution in [0.2, 0.25) is 0 Å². The molecule has 1 amide bonds. The highest BCUT2D eigenvalue weighted by Gasteiger charge is 2.28. The van der Waals surface area contributed by atoms with Gasteiger partial charge < -0.3 is 10.0 Å². The van der Waals surface area contributed by atoms with Crippen molar-refractivity contribution in [3.8, 4) is 0 Å². The highest BCUT2D eigenvalue weighted by atomic mass is 16.4. The van der Waals surface area contributed by atoms with Crippen LogP contribution >= 0.6 is 0 Å². The molecule has 1 fully saturated rings. The summed E-state index contributed by atoms with van der Waals surface area (Å²) in [5.41, 5.74) is 2.76. The van der Waals surface area contributed by atoms with Gasteiger partial charge in [-0.05, 0) is 38.8 Å². The van der Waals surface area contributed by atoms with Crippen molar-refractivity contribution in [2.45, 2.75) is 26.7 Å². The number of carbonyl (C=O) groups is 2. The van der Waals surface area contributed by atoms with Gasteiger partial charge in [0, 0.05) is 18.7 Å². The molecule has 4 heteroatoms. The first-order valence-electron chi connectivity index (χ1n) is 6.58. The maximum atomic E-state index is 12.4. The first-order valence-corrected chi connectivity index (χ1v) is 6.58. The van der Waals surface area contributed by atoms with Crippen molar-refractivity contribution in [3.05, 3.63) is 34.9 Å². The van der Waals surface area contributed by atoms with E-state index in [0.717, 1.165) is 17.5 Å². The number of rotatable bonds is 2. The molecule has 1 N–H and O–H groups in total. The number of nitrogens with zero attached hydrogens (tertiary/aromatic N) is 1. The molecule has 1 aromatic carbocycles. The van der Waals surface area contributed by atoms with E-state index in [2.05, 4.69) is 0 Å². The summed E-state index contributed by atoms with van der Waals surface area (Å²) in [6.45, 7) is 4.89. The molecule has 0 bridgehead atoms. The summed E-state index contributed by atoms with van der Waals surface area (Å²) in [5.74, 6) is -1.29. The Bertz CT molecular complexity index is 490. The first kappa shape index (κ1) is 13.6. The van der Waals surface area contributed by atoms with Crippen LogP contribution in [0.15, 0.2) is 18.2 Å². The molecule has 0 saturated carbocycles. The molecule has 19 heavy (non-hydrogen) atoms. The van der Waals surface area contributed by atoms with Crippen LogP contribution < -0.4 is 0 Å². The number of hydrogen-bond donors (Lipinski definition) is 1. The molecular weight excluding hydrogens is 242 g/mol. The molecule has 1 aliphatic rings. The number of benzene rings is 1. The first-order chi connectivity index (χ1) is 8.97. The molecule has 0 unspecified atom stereocenters. The van der Waals surface area contributed by atoms with E-state index < -0.39 is 11.9 Å². The lowest BCUT2D eigenvalue weighted by Gasteiger charge is -2.30. The number of likely N-dealkylation sites (tertiary alicyclic amines) is 1. The fourth-order valence-corrected chi connectivity index (χ4v) is 2.64. The summed E-state index contributed by atoms with van der Waals surface area (Å²) in [6.07, 6.45) is 1.42. The van der Waals surface area contributed by atoms with Crippen LogP contribution in [0.1, 0.15) is 34.3 Å². The van der Waals surface area contributed by atoms with Gasteiger partial charge in [-0.25, -0.2) is 0 Å². The zero-order valence-electron chi connectivity index (χ0n) is 11.3. The van der Waals surface area contributed by atoms with Crippen molar-refractivity contribution in [1.29, 1.82) is 0 Å². The van der Waals surface area contributed by atoms with Crippen molar-refractivity contribution in [2.75, 3.05) is 13.1 Å². The summed E-state index contributed by atoms with van der Waals surface area (Å²) in [6, 6.07) is 5.74. The molecule has 0 radical (unpaired) electrons. The zero-order valence-corrected chi connectivity index (χ0v) is 11.3. The molecule has 1 aliphatic heterocycles. The van der Waals surface area contributed by atoms with Crippen molar-refractivity contribution in [3.63, 3.8) is 0 Å². The van der Waals surface area contributed by atoms with Crippen LogP contribution in [-0.2, 0) is 4.79 Å². The van der Waals surface area contributed by atoms with E-state index >= 15 is 0 Å². The Hall–Kier alpha value is -1.84. The zero-order chi connectivity index (χ0) is 14.0. The van der Waals surface area contributed by atoms with Crippen LogP contribution in [0, 0.1) is 19.8 Å². The van der Waals surface area contributed by atoms with Crippen LogP contribution in [0.25, 0.3) is 0 Å². The monoisotopic (exact) mass is 261 g/mol. The molecule has 1 atom stereocenters. The predicted octanol–water partition coefficient (Wildman–Crippen LogP) is 2.24. The Kier molecular flexibility index (Phi) is 3.88. The molecule has 2 rings (SSSR count). The van der Waals surface area contributed by atoms with Gasteiger partial charge in [0.2, 0.25) is 0 Å². The molecule has 4 nitrogen and oxygen atoms in total. The fraction of sp³-hybridized carbons (Fsp3) is 0.467. The van der Waals surface area contributed by atoms with Gasteiger partial charge >= 0.3 is 5.97 Å². The molecule has 0 spiro atoms. The van der Waals surface area contributed by atoms with E-state index in [1.165, 1.54) is 0 Å². The second-order valence-corrected chi connectivity index (χ2v) is 5.30. The number of piperidine rings is 1. The minimum atomic E-state index is -0.807. The molecular formula is C15H19NO3. The third-order valence-electron chi connectivity index (χ3n) is 3.53. The highest BCUT2D eigenvalue weighted by Crippen LogP contribution is 2.19. The summed E-state index contributed by atoms with van der Waals surface area (Å²) in [7, 11) is 0. The summed E-state index contributed by atoms with van der Waals surface area (Å²) in [5, 5.41) is 9.06. The number of carboxylic acids is 1. The SMILES string of the molecule is Cc1cc(C)cc(C(=O)N2CCC[C@H](C(=O)O)C2)c1. The average Bonchev–Trinajstić information content (AvgIpc) is 2.37. The van der Waals surface area contributed by atoms with Gasteiger partial charge in [0.05, 0.1) is 5.92 Å². The minimum absolute atomic E-state index is 0.0576. The van der Waals surface area contributed by atoms with Gasteiger partial charge in [-0.1, -0.05) is 17.2 Å². The van der Waals surface area contributed by atoms with Crippen molar-refractivity contribution in [2.24, 2.45) is 5.92 Å². The molecule has 1 heterocycles. The normalized spacial score (nSPS) is 19.3. The Balaban J connectivity index is 2.16. The lowest BCUT2D eigenvalue weighted by molar-refractivity contribution is -0.143. The maximum Gasteiger partial charge on any atom is 0.308 e. The van der Waals surface area contributed by atoms with Gasteiger partial charge in [0.15, 0.2) is 0 Å². The quantitative estimate of drug-likeness (QED) is 0.888. The van der Waals surface area contributed by atoms with E-state index in [1.54, 1.807) is 4.90 Å². The highest BCUT2D eigenvalue weighted by molar-refractivity contribution is 5.95. The molecule has 0 aromatic heterocycles. The standard InChI is InChI=1S/C15H19NO3/c1-10-6-11(2)8-13(7-10)14(17)16-5-3-4-12(9-16)15(18)19/h6-8,12H,3-5,9H2,1-2H3,(H,18,19)/t12-/m0/s1. The molecule has 102 valence electrons. The maximum absolute atomic E-state index is 12.4. The predicted molar refractivity (Wildman–Crippen MR) is 72.2 cm³/mol. The van der Waals surface area contributed by atoms with E-state index in [4.69, 9.17) is 5.11 Å². The Labute approximate surface area is 113 Å². The van der Waals surface area contributed by atoms with Crippen LogP contribution in [0.3, 0.4) is 0 Å². The number of carbonyl (C=O) groups excluding carboxylic acids is 1. The molecule has 0 aliphatic carbocycles. The largest absolute Gasteiger partial charge is 0.481 e. The van der Waals surface area contributed by atoms with Crippen molar-refractivity contribution in [1.82, 2.24) is 4.90 Å². The topological polar surface area (TPSA) is 57.6 Å². The van der Waals surface area contributed by atoms with Crippen molar-refractivity contribution < 1.29 is 14.7 Å². The summed E-state index contributed by atoms with van der Waals surface area (Å²) in [4.78, 5) is 25.1. The van der Waals surface area contributed by atoms with Gasteiger partial charge in [-0.15, -0.1) is 0 Å². The van der Waals surface area contributed by atoms with Crippen molar-refractivity contribution >= 4 is 11.9 Å². The van der Waals surface area contributed by atoms with E-state index in [-0.39, 0.29) is 5.91 Å². The van der Waals surface area contributed by atoms with E-state index in [0.29, 0.717) is 25.1 Å². The number of hydrogen-bond acceptors (Lipinski definition) is 2. The van der Waals surface area contributed by atoms with Gasteiger partial charge in [-0.2, -0.15) is 0 Å². The Morgan fingerprint density at radius 3 is 2.42 bits per heavy atom. The van der Waals surface area contributed by atoms with E-state index in [9.17, 15) is 9.59 Å². The second kappa shape index (κ2) is 5.43. The van der Waals surface area contributed by atoms with Crippen LogP contribution in [0.4, 0.5) is 0 Å². The van der Waals surface area contributed by atoms with Gasteiger partial charge in [0.25, 0.3) is 5.91 Å². The second-order valence-electron chi connectivity index (χ2n) is 5.30. The third kappa shape index (κ3) is 3.13. The van der Waals surface area contributed by atoms with Gasteiger partial charge in [0.1, 0.15) is 0 Å². The Morgan fingerprint density at radius 1 is 1.21 bits per heavy atom. The number of amides is 1. The van der Waals surface area contributed by atoms with Crippen LogP contribution in [-0.4, -0.2) is 35.0 Å². The Morgan fingerprint density at radius 2 is 1.84 bits per heavy atom. The minimum Gasteiger partial charge on any atom is -0.481 e. The number of carboxylic acid groups (broad SMARTS) is 1. The smallest absolute Gasteiger partial charge is 0.308 e. The fourth-order valence-electron chi connectivity index (χ4n) is 2.64. The summed E-state index contributed by atoms with van der Waals surface area (Å²) < 4.78 is 0. The van der Waals surface area contributed by atoms with E-state index in [1.807, 2.05) is 32.0 Å². The lowest BCUT2D eigenvalue weighted by Crippen LogP contribution is -2.42. The summed E-state index contributed by atoms with van der Waals surface area (Å²) >= 11 is 0. The van der Waals surface area contributed by atoms with Gasteiger partial charge in [-0.3, -0.25) is 9.59 Å². The number of aryl methyl sites for hydroxylation is 2. The third-order valence-corrected chi connectivity index (χ3v) is 3.53. The number of aliphatic carboxylic acids is 1. The molecule has 1 saturated heterocycles. The molecule has 1 aromatic rings. The average molecular weight is 261 g/mol.